The molecule has 37 heavy (non-hydrogen) atoms. The minimum atomic E-state index is -0.392. The molecule has 5 N–H and O–H groups in total. The van der Waals surface area contributed by atoms with Gasteiger partial charge in [-0.25, -0.2) is 4.98 Å². The number of aromatic hydroxyl groups is 1. The summed E-state index contributed by atoms with van der Waals surface area (Å²) in [5, 5.41) is 25.9. The molecule has 0 saturated carbocycles. The average Bonchev–Trinajstić information content (AvgIpc) is 3.61. The Hall–Kier alpha value is -4.86. The van der Waals surface area contributed by atoms with Crippen molar-refractivity contribution in [3.63, 3.8) is 0 Å². The van der Waals surface area contributed by atoms with Crippen molar-refractivity contribution in [2.24, 2.45) is 0 Å². The maximum Gasteiger partial charge on any atom is 0.272 e. The van der Waals surface area contributed by atoms with Gasteiger partial charge in [0.2, 0.25) is 0 Å². The van der Waals surface area contributed by atoms with Crippen molar-refractivity contribution in [3.05, 3.63) is 87.0 Å². The lowest BCUT2D eigenvalue weighted by atomic mass is 9.98. The number of nitro benzene ring substituents is 1. The molecule has 0 spiro atoms. The van der Waals surface area contributed by atoms with E-state index < -0.39 is 4.92 Å². The highest BCUT2D eigenvalue weighted by Gasteiger charge is 2.25. The predicted octanol–water partition coefficient (Wildman–Crippen LogP) is 5.12. The van der Waals surface area contributed by atoms with Crippen LogP contribution in [0.5, 0.6) is 5.75 Å². The number of hydrogen-bond donors (Lipinski definition) is 5. The van der Waals surface area contributed by atoms with E-state index in [1.807, 2.05) is 37.3 Å². The summed E-state index contributed by atoms with van der Waals surface area (Å²) in [6.45, 7) is 5.78. The Kier molecular flexibility index (Phi) is 6.00. The van der Waals surface area contributed by atoms with Crippen molar-refractivity contribution >= 4 is 22.6 Å². The molecule has 1 aromatic carbocycles. The zero-order valence-corrected chi connectivity index (χ0v) is 20.6. The number of amides is 1. The molecule has 0 atom stereocenters. The van der Waals surface area contributed by atoms with Crippen LogP contribution in [0.25, 0.3) is 33.5 Å². The van der Waals surface area contributed by atoms with E-state index in [1.54, 1.807) is 32.2 Å². The Morgan fingerprint density at radius 2 is 1.95 bits per heavy atom. The number of carbonyl (C=O) groups excluding carboxylic acids is 1. The van der Waals surface area contributed by atoms with Gasteiger partial charge in [0.25, 0.3) is 11.6 Å². The van der Waals surface area contributed by atoms with Gasteiger partial charge in [0.05, 0.1) is 27.3 Å². The first-order valence-electron chi connectivity index (χ1n) is 11.9. The number of nitrogens with one attached hydrogen (secondary N) is 4. The third kappa shape index (κ3) is 4.22. The molecule has 0 bridgehead atoms. The second-order valence-electron chi connectivity index (χ2n) is 8.90. The molecule has 10 heteroatoms. The Balaban J connectivity index is 1.57. The summed E-state index contributed by atoms with van der Waals surface area (Å²) in [5.41, 5.74) is 6.10. The van der Waals surface area contributed by atoms with E-state index in [1.165, 1.54) is 0 Å². The van der Waals surface area contributed by atoms with Crippen LogP contribution in [-0.4, -0.2) is 42.4 Å². The van der Waals surface area contributed by atoms with Gasteiger partial charge in [0.1, 0.15) is 11.4 Å². The average molecular weight is 499 g/mol. The van der Waals surface area contributed by atoms with E-state index in [9.17, 15) is 20.0 Å². The van der Waals surface area contributed by atoms with Gasteiger partial charge in [-0.05, 0) is 45.0 Å². The minimum Gasteiger partial charge on any atom is -0.505 e. The molecule has 0 aliphatic carbocycles. The molecule has 5 aromatic rings. The highest BCUT2D eigenvalue weighted by Crippen LogP contribution is 2.40. The van der Waals surface area contributed by atoms with Crippen molar-refractivity contribution < 1.29 is 14.8 Å². The van der Waals surface area contributed by atoms with E-state index in [-0.39, 0.29) is 17.3 Å². The molecule has 0 saturated heterocycles. The lowest BCUT2D eigenvalue weighted by molar-refractivity contribution is -0.385. The molecule has 4 aromatic heterocycles. The van der Waals surface area contributed by atoms with E-state index in [0.717, 1.165) is 11.4 Å². The number of aryl methyl sites for hydroxylation is 2. The van der Waals surface area contributed by atoms with Crippen molar-refractivity contribution in [2.45, 2.75) is 27.2 Å². The number of fused-ring (bicyclic) bond motifs is 1. The number of H-pyrrole nitrogens is 3. The van der Waals surface area contributed by atoms with Gasteiger partial charge in [0, 0.05) is 59.0 Å². The zero-order valence-electron chi connectivity index (χ0n) is 20.6. The summed E-state index contributed by atoms with van der Waals surface area (Å²) in [6, 6.07) is 12.5. The van der Waals surface area contributed by atoms with Crippen LogP contribution in [0.15, 0.2) is 48.7 Å². The molecule has 5 rings (SSSR count). The van der Waals surface area contributed by atoms with E-state index in [2.05, 4.69) is 25.3 Å². The van der Waals surface area contributed by atoms with Crippen LogP contribution < -0.4 is 5.32 Å². The van der Waals surface area contributed by atoms with E-state index in [0.29, 0.717) is 63.3 Å². The maximum atomic E-state index is 13.0. The molecule has 0 aliphatic rings. The molecule has 10 nitrogen and oxygen atoms in total. The maximum absolute atomic E-state index is 13.0. The second-order valence-corrected chi connectivity index (χ2v) is 8.90. The minimum absolute atomic E-state index is 0.0137. The standard InChI is InChI=1S/C27H26N6O4/c1-4-28-27(35)22-15(3)30-26-24(23(22)19-6-5-11-29-19)25(34)20(32-26)13-17-9-10-18(31-17)16-8-7-14(2)21(12-16)33(36)37/h5-12,29,31,34H,4,13H2,1-3H3,(H,28,35)(H,30,32). The van der Waals surface area contributed by atoms with Crippen LogP contribution >= 0.6 is 0 Å². The molecule has 4 heterocycles. The molecule has 188 valence electrons. The molecule has 0 radical (unpaired) electrons. The summed E-state index contributed by atoms with van der Waals surface area (Å²) in [5.74, 6) is -0.248. The molecular weight excluding hydrogens is 472 g/mol. The summed E-state index contributed by atoms with van der Waals surface area (Å²) in [6.07, 6.45) is 2.09. The molecule has 1 amide bonds. The van der Waals surface area contributed by atoms with Gasteiger partial charge in [-0.1, -0.05) is 12.1 Å². The second kappa shape index (κ2) is 9.30. The fourth-order valence-corrected chi connectivity index (χ4v) is 4.66. The Labute approximate surface area is 211 Å². The van der Waals surface area contributed by atoms with Crippen molar-refractivity contribution in [2.75, 3.05) is 6.54 Å². The van der Waals surface area contributed by atoms with Crippen LogP contribution in [0.4, 0.5) is 5.69 Å². The highest BCUT2D eigenvalue weighted by molar-refractivity contribution is 6.10. The van der Waals surface area contributed by atoms with Crippen LogP contribution in [0.2, 0.25) is 0 Å². The van der Waals surface area contributed by atoms with Gasteiger partial charge in [-0.2, -0.15) is 0 Å². The number of pyridine rings is 1. The van der Waals surface area contributed by atoms with Gasteiger partial charge in [-0.3, -0.25) is 14.9 Å². The fourth-order valence-electron chi connectivity index (χ4n) is 4.66. The van der Waals surface area contributed by atoms with Crippen LogP contribution in [0.3, 0.4) is 0 Å². The summed E-state index contributed by atoms with van der Waals surface area (Å²) >= 11 is 0. The number of nitro groups is 1. The topological polar surface area (TPSA) is 153 Å². The normalized spacial score (nSPS) is 11.2. The van der Waals surface area contributed by atoms with Gasteiger partial charge >= 0.3 is 0 Å². The van der Waals surface area contributed by atoms with E-state index in [4.69, 9.17) is 0 Å². The number of carbonyl (C=O) groups is 1. The van der Waals surface area contributed by atoms with Gasteiger partial charge < -0.3 is 25.4 Å². The van der Waals surface area contributed by atoms with Crippen molar-refractivity contribution in [1.82, 2.24) is 25.3 Å². The Morgan fingerprint density at radius 1 is 1.14 bits per heavy atom. The summed E-state index contributed by atoms with van der Waals surface area (Å²) in [4.78, 5) is 38.2. The monoisotopic (exact) mass is 498 g/mol. The predicted molar refractivity (Wildman–Crippen MR) is 141 cm³/mol. The molecule has 0 unspecified atom stereocenters. The van der Waals surface area contributed by atoms with Crippen LogP contribution in [0.1, 0.15) is 39.9 Å². The molecule has 0 fully saturated rings. The number of benzene rings is 1. The molecule has 0 aliphatic heterocycles. The van der Waals surface area contributed by atoms with Crippen LogP contribution in [0, 0.1) is 24.0 Å². The highest BCUT2D eigenvalue weighted by atomic mass is 16.6. The summed E-state index contributed by atoms with van der Waals surface area (Å²) < 4.78 is 0. The first-order chi connectivity index (χ1) is 17.8. The third-order valence-electron chi connectivity index (χ3n) is 6.43. The van der Waals surface area contributed by atoms with E-state index >= 15 is 0 Å². The largest absolute Gasteiger partial charge is 0.505 e. The lowest BCUT2D eigenvalue weighted by Gasteiger charge is -2.12. The number of hydrogen-bond acceptors (Lipinski definition) is 5. The lowest BCUT2D eigenvalue weighted by Crippen LogP contribution is -2.24. The third-order valence-corrected chi connectivity index (χ3v) is 6.43. The van der Waals surface area contributed by atoms with Gasteiger partial charge in [0.15, 0.2) is 0 Å². The SMILES string of the molecule is CCNC(=O)c1c(C)nc2[nH]c(Cc3ccc(-c4ccc(C)c([N+](=O)[O-])c4)[nH]3)c(O)c2c1-c1ccc[nH]1. The van der Waals surface area contributed by atoms with Crippen LogP contribution in [-0.2, 0) is 6.42 Å². The van der Waals surface area contributed by atoms with Crippen molar-refractivity contribution in [1.29, 1.82) is 0 Å². The Bertz CT molecular complexity index is 1650. The van der Waals surface area contributed by atoms with Gasteiger partial charge in [-0.15, -0.1) is 0 Å². The smallest absolute Gasteiger partial charge is 0.272 e. The first-order valence-corrected chi connectivity index (χ1v) is 11.9. The fraction of sp³-hybridized carbons (Fsp3) is 0.185. The number of aromatic amines is 3. The zero-order chi connectivity index (χ0) is 26.3. The summed E-state index contributed by atoms with van der Waals surface area (Å²) in [7, 11) is 0. The number of nitrogens with zero attached hydrogens (tertiary/aromatic N) is 2. The molecular formula is C27H26N6O4. The first kappa shape index (κ1) is 23.9. The number of aromatic nitrogens is 4. The number of rotatable bonds is 7. The quantitative estimate of drug-likeness (QED) is 0.156. The van der Waals surface area contributed by atoms with Crippen molar-refractivity contribution in [3.8, 4) is 28.3 Å². The Morgan fingerprint density at radius 3 is 2.65 bits per heavy atom.